The molecule has 0 saturated carbocycles. The number of anilines is 2. The predicted molar refractivity (Wildman–Crippen MR) is 59.7 cm³/mol. The highest BCUT2D eigenvalue weighted by atomic mass is 19.4. The Morgan fingerprint density at radius 1 is 1.32 bits per heavy atom. The maximum Gasteiger partial charge on any atom is 0.416 e. The van der Waals surface area contributed by atoms with Gasteiger partial charge in [-0.05, 0) is 18.2 Å². The highest BCUT2D eigenvalue weighted by Gasteiger charge is 2.30. The molecule has 2 rings (SSSR count). The fourth-order valence-electron chi connectivity index (χ4n) is 1.38. The highest BCUT2D eigenvalue weighted by Crippen LogP contribution is 2.31. The molecule has 1 aromatic heterocycles. The Balaban J connectivity index is 2.14. The molecule has 0 saturated heterocycles. The second kappa shape index (κ2) is 5.27. The number of hydrogen-bond donors (Lipinski definition) is 1. The van der Waals surface area contributed by atoms with E-state index in [1.807, 2.05) is 0 Å². The number of alkyl halides is 3. The Labute approximate surface area is 106 Å². The zero-order chi connectivity index (χ0) is 13.9. The number of rotatable bonds is 4. The molecule has 0 radical (unpaired) electrons. The minimum atomic E-state index is -4.40. The molecule has 0 aliphatic carbocycles. The lowest BCUT2D eigenvalue weighted by Crippen LogP contribution is -2.05. The van der Waals surface area contributed by atoms with Gasteiger partial charge in [-0.3, -0.25) is 0 Å². The van der Waals surface area contributed by atoms with Crippen molar-refractivity contribution in [3.8, 4) is 0 Å². The molecular weight excluding hydrogens is 263 g/mol. The van der Waals surface area contributed by atoms with Crippen LogP contribution in [0.1, 0.15) is 11.5 Å². The average Bonchev–Trinajstić information content (AvgIpc) is 2.76. The van der Waals surface area contributed by atoms with E-state index in [4.69, 9.17) is 9.15 Å². The largest absolute Gasteiger partial charge is 0.416 e. The highest BCUT2D eigenvalue weighted by molar-refractivity contribution is 5.53. The smallest absolute Gasteiger partial charge is 0.405 e. The number of nitrogens with one attached hydrogen (secondary N) is 1. The fraction of sp³-hybridized carbons (Fsp3) is 0.273. The van der Waals surface area contributed by atoms with Gasteiger partial charge in [-0.15, -0.1) is 5.10 Å². The molecule has 0 spiro atoms. The van der Waals surface area contributed by atoms with Crippen molar-refractivity contribution in [2.24, 2.45) is 0 Å². The third kappa shape index (κ3) is 3.44. The van der Waals surface area contributed by atoms with Crippen LogP contribution in [0.2, 0.25) is 0 Å². The summed E-state index contributed by atoms with van der Waals surface area (Å²) in [5.74, 6) is 0.233. The number of hydrogen-bond acceptors (Lipinski definition) is 5. The van der Waals surface area contributed by atoms with Crippen LogP contribution >= 0.6 is 0 Å². The molecule has 0 atom stereocenters. The predicted octanol–water partition coefficient (Wildman–Crippen LogP) is 2.98. The summed E-state index contributed by atoms with van der Waals surface area (Å²) in [4.78, 5) is 0. The Kier molecular flexibility index (Phi) is 3.70. The van der Waals surface area contributed by atoms with E-state index in [0.29, 0.717) is 0 Å². The summed E-state index contributed by atoms with van der Waals surface area (Å²) in [6.07, 6.45) is -4.40. The van der Waals surface area contributed by atoms with Crippen molar-refractivity contribution in [3.63, 3.8) is 0 Å². The van der Waals surface area contributed by atoms with E-state index in [0.717, 1.165) is 12.1 Å². The molecule has 0 amide bonds. The topological polar surface area (TPSA) is 60.2 Å². The first-order chi connectivity index (χ1) is 8.99. The van der Waals surface area contributed by atoms with Gasteiger partial charge in [0.05, 0.1) is 5.56 Å². The first-order valence-electron chi connectivity index (χ1n) is 5.24. The first-order valence-corrected chi connectivity index (χ1v) is 5.24. The second-order valence-corrected chi connectivity index (χ2v) is 3.64. The van der Waals surface area contributed by atoms with E-state index in [1.54, 1.807) is 0 Å². The molecule has 0 aliphatic rings. The molecule has 5 nitrogen and oxygen atoms in total. The fourth-order valence-corrected chi connectivity index (χ4v) is 1.38. The Morgan fingerprint density at radius 2 is 2.11 bits per heavy atom. The van der Waals surface area contributed by atoms with Gasteiger partial charge in [-0.25, -0.2) is 0 Å². The van der Waals surface area contributed by atoms with Gasteiger partial charge in [0.1, 0.15) is 6.61 Å². The van der Waals surface area contributed by atoms with Crippen LogP contribution in [0.4, 0.5) is 24.9 Å². The van der Waals surface area contributed by atoms with Crippen molar-refractivity contribution in [3.05, 3.63) is 35.7 Å². The maximum atomic E-state index is 12.5. The number of methoxy groups -OCH3 is 1. The molecule has 0 fully saturated rings. The molecule has 8 heteroatoms. The van der Waals surface area contributed by atoms with Crippen molar-refractivity contribution in [1.29, 1.82) is 0 Å². The average molecular weight is 273 g/mol. The summed E-state index contributed by atoms with van der Waals surface area (Å²) in [5.41, 5.74) is -0.545. The summed E-state index contributed by atoms with van der Waals surface area (Å²) in [5, 5.41) is 9.88. The summed E-state index contributed by atoms with van der Waals surface area (Å²) in [7, 11) is 1.46. The molecule has 19 heavy (non-hydrogen) atoms. The summed E-state index contributed by atoms with van der Waals surface area (Å²) in [6.45, 7) is 0.136. The van der Waals surface area contributed by atoms with Crippen molar-refractivity contribution < 1.29 is 22.3 Å². The molecular formula is C11H10F3N3O2. The molecule has 1 aromatic carbocycles. The van der Waals surface area contributed by atoms with Crippen LogP contribution in [0.5, 0.6) is 0 Å². The third-order valence-electron chi connectivity index (χ3n) is 2.18. The minimum Gasteiger partial charge on any atom is -0.405 e. The number of benzene rings is 1. The molecule has 0 bridgehead atoms. The van der Waals surface area contributed by atoms with Gasteiger partial charge in [0.15, 0.2) is 0 Å². The number of aromatic nitrogens is 2. The molecule has 0 aliphatic heterocycles. The van der Waals surface area contributed by atoms with E-state index >= 15 is 0 Å². The first kappa shape index (κ1) is 13.3. The molecule has 2 aromatic rings. The second-order valence-electron chi connectivity index (χ2n) is 3.64. The molecule has 0 unspecified atom stereocenters. The van der Waals surface area contributed by atoms with Crippen LogP contribution in [-0.4, -0.2) is 17.3 Å². The standard InChI is InChI=1S/C11H10F3N3O2/c1-18-6-9-16-17-10(19-9)15-8-4-2-3-7(5-8)11(12,13)14/h2-5H,6H2,1H3,(H,15,17). The van der Waals surface area contributed by atoms with E-state index in [1.165, 1.54) is 19.2 Å². The number of nitrogens with zero attached hydrogens (tertiary/aromatic N) is 2. The van der Waals surface area contributed by atoms with Crippen LogP contribution in [0.15, 0.2) is 28.7 Å². The maximum absolute atomic E-state index is 12.5. The van der Waals surface area contributed by atoms with E-state index < -0.39 is 11.7 Å². The number of halogens is 3. The lowest BCUT2D eigenvalue weighted by atomic mass is 10.2. The van der Waals surface area contributed by atoms with E-state index in [9.17, 15) is 13.2 Å². The molecule has 102 valence electrons. The van der Waals surface area contributed by atoms with Gasteiger partial charge in [-0.2, -0.15) is 13.2 Å². The van der Waals surface area contributed by atoms with Gasteiger partial charge in [0.2, 0.25) is 5.89 Å². The van der Waals surface area contributed by atoms with Gasteiger partial charge in [0.25, 0.3) is 0 Å². The van der Waals surface area contributed by atoms with Crippen LogP contribution in [-0.2, 0) is 17.5 Å². The van der Waals surface area contributed by atoms with Crippen LogP contribution in [0.3, 0.4) is 0 Å². The van der Waals surface area contributed by atoms with Gasteiger partial charge in [0, 0.05) is 12.8 Å². The van der Waals surface area contributed by atoms with Crippen molar-refractivity contribution in [1.82, 2.24) is 10.2 Å². The van der Waals surface area contributed by atoms with E-state index in [-0.39, 0.29) is 24.2 Å². The normalized spacial score (nSPS) is 11.6. The van der Waals surface area contributed by atoms with Crippen LogP contribution in [0, 0.1) is 0 Å². The summed E-state index contributed by atoms with van der Waals surface area (Å²) >= 11 is 0. The zero-order valence-electron chi connectivity index (χ0n) is 9.86. The zero-order valence-corrected chi connectivity index (χ0v) is 9.86. The van der Waals surface area contributed by atoms with Crippen LogP contribution < -0.4 is 5.32 Å². The van der Waals surface area contributed by atoms with Gasteiger partial charge >= 0.3 is 12.2 Å². The van der Waals surface area contributed by atoms with Crippen LogP contribution in [0.25, 0.3) is 0 Å². The van der Waals surface area contributed by atoms with E-state index in [2.05, 4.69) is 15.5 Å². The lowest BCUT2D eigenvalue weighted by Gasteiger charge is -2.08. The Morgan fingerprint density at radius 3 is 2.79 bits per heavy atom. The lowest BCUT2D eigenvalue weighted by molar-refractivity contribution is -0.137. The van der Waals surface area contributed by atoms with Gasteiger partial charge in [-0.1, -0.05) is 11.2 Å². The van der Waals surface area contributed by atoms with Crippen molar-refractivity contribution in [2.45, 2.75) is 12.8 Å². The number of ether oxygens (including phenoxy) is 1. The monoisotopic (exact) mass is 273 g/mol. The molecule has 1 N–H and O–H groups in total. The van der Waals surface area contributed by atoms with Gasteiger partial charge < -0.3 is 14.5 Å². The summed E-state index contributed by atoms with van der Waals surface area (Å²) < 4.78 is 47.4. The Bertz CT molecular complexity index is 554. The van der Waals surface area contributed by atoms with Crippen molar-refractivity contribution >= 4 is 11.7 Å². The SMILES string of the molecule is COCc1nnc(Nc2cccc(C(F)(F)F)c2)o1. The molecule has 1 heterocycles. The minimum absolute atomic E-state index is 0.00590. The quantitative estimate of drug-likeness (QED) is 0.927. The summed E-state index contributed by atoms with van der Waals surface area (Å²) in [6, 6.07) is 4.70. The van der Waals surface area contributed by atoms with Crippen molar-refractivity contribution in [2.75, 3.05) is 12.4 Å². The Hall–Kier alpha value is -2.09. The third-order valence-corrected chi connectivity index (χ3v) is 2.18.